The van der Waals surface area contributed by atoms with E-state index in [2.05, 4.69) is 10.2 Å². The Balaban J connectivity index is 1.30. The third-order valence-electron chi connectivity index (χ3n) is 5.80. The van der Waals surface area contributed by atoms with E-state index < -0.39 is 0 Å². The maximum Gasteiger partial charge on any atom is 0.229 e. The van der Waals surface area contributed by atoms with Crippen LogP contribution in [0.2, 0.25) is 0 Å². The predicted octanol–water partition coefficient (Wildman–Crippen LogP) is 3.46. The Labute approximate surface area is 170 Å². The van der Waals surface area contributed by atoms with Crippen LogP contribution >= 0.6 is 0 Å². The number of nitrogens with one attached hydrogen (secondary N) is 1. The molecule has 4 rings (SSSR count). The van der Waals surface area contributed by atoms with Gasteiger partial charge >= 0.3 is 0 Å². The van der Waals surface area contributed by atoms with Crippen LogP contribution in [0.3, 0.4) is 0 Å². The highest BCUT2D eigenvalue weighted by Crippen LogP contribution is 2.24. The van der Waals surface area contributed by atoms with E-state index in [9.17, 15) is 14.0 Å². The molecule has 2 amide bonds. The van der Waals surface area contributed by atoms with Crippen LogP contribution in [0.1, 0.15) is 24.8 Å². The molecule has 5 nitrogen and oxygen atoms in total. The number of hydrogen-bond acceptors (Lipinski definition) is 3. The Morgan fingerprint density at radius 1 is 1.07 bits per heavy atom. The second-order valence-electron chi connectivity index (χ2n) is 7.81. The summed E-state index contributed by atoms with van der Waals surface area (Å²) < 4.78 is 13.8. The SMILES string of the molecule is O=C(Nc1ccc(N2CCCC2)cc1)C1CC(=O)N(CCc2ccccc2F)C1. The van der Waals surface area contributed by atoms with Crippen LogP contribution < -0.4 is 10.2 Å². The Morgan fingerprint density at radius 2 is 1.79 bits per heavy atom. The number of rotatable bonds is 6. The van der Waals surface area contributed by atoms with Crippen molar-refractivity contribution in [1.82, 2.24) is 4.90 Å². The van der Waals surface area contributed by atoms with Gasteiger partial charge in [0.15, 0.2) is 0 Å². The lowest BCUT2D eigenvalue weighted by Gasteiger charge is -2.18. The fraction of sp³-hybridized carbons (Fsp3) is 0.391. The molecule has 152 valence electrons. The summed E-state index contributed by atoms with van der Waals surface area (Å²) in [6.45, 7) is 2.97. The molecule has 0 radical (unpaired) electrons. The summed E-state index contributed by atoms with van der Waals surface area (Å²) in [5.74, 6) is -0.821. The summed E-state index contributed by atoms with van der Waals surface area (Å²) in [5, 5.41) is 2.93. The molecule has 2 aliphatic rings. The lowest BCUT2D eigenvalue weighted by atomic mass is 10.1. The third kappa shape index (κ3) is 4.58. The summed E-state index contributed by atoms with van der Waals surface area (Å²) in [6, 6.07) is 14.5. The normalized spacial score (nSPS) is 19.1. The molecular formula is C23H26FN3O2. The van der Waals surface area contributed by atoms with E-state index >= 15 is 0 Å². The van der Waals surface area contributed by atoms with Gasteiger partial charge in [0.2, 0.25) is 11.8 Å². The number of likely N-dealkylation sites (tertiary alicyclic amines) is 1. The van der Waals surface area contributed by atoms with Crippen molar-refractivity contribution in [2.24, 2.45) is 5.92 Å². The predicted molar refractivity (Wildman–Crippen MR) is 111 cm³/mol. The molecule has 1 N–H and O–H groups in total. The van der Waals surface area contributed by atoms with E-state index in [1.165, 1.54) is 24.6 Å². The van der Waals surface area contributed by atoms with Crippen LogP contribution in [-0.4, -0.2) is 42.9 Å². The number of carbonyl (C=O) groups is 2. The highest BCUT2D eigenvalue weighted by Gasteiger charge is 2.34. The standard InChI is InChI=1S/C23H26FN3O2/c24-21-6-2-1-5-17(21)11-14-27-16-18(15-22(27)28)23(29)25-19-7-9-20(10-8-19)26-12-3-4-13-26/h1-2,5-10,18H,3-4,11-16H2,(H,25,29). The van der Waals surface area contributed by atoms with Gasteiger partial charge in [0.25, 0.3) is 0 Å². The highest BCUT2D eigenvalue weighted by atomic mass is 19.1. The number of benzene rings is 2. The van der Waals surface area contributed by atoms with Gasteiger partial charge in [-0.3, -0.25) is 9.59 Å². The molecule has 1 atom stereocenters. The Kier molecular flexibility index (Phi) is 5.79. The van der Waals surface area contributed by atoms with Gasteiger partial charge in [0.05, 0.1) is 5.92 Å². The zero-order valence-electron chi connectivity index (χ0n) is 16.4. The molecule has 1 unspecified atom stereocenters. The molecule has 6 heteroatoms. The molecule has 0 saturated carbocycles. The van der Waals surface area contributed by atoms with Crippen molar-refractivity contribution in [3.05, 3.63) is 59.9 Å². The first-order valence-electron chi connectivity index (χ1n) is 10.3. The first-order chi connectivity index (χ1) is 14.1. The molecular weight excluding hydrogens is 369 g/mol. The Bertz CT molecular complexity index is 878. The third-order valence-corrected chi connectivity index (χ3v) is 5.80. The van der Waals surface area contributed by atoms with Gasteiger partial charge in [-0.15, -0.1) is 0 Å². The molecule has 2 aliphatic heterocycles. The minimum Gasteiger partial charge on any atom is -0.372 e. The van der Waals surface area contributed by atoms with Crippen LogP contribution in [0.25, 0.3) is 0 Å². The van der Waals surface area contributed by atoms with Crippen molar-refractivity contribution < 1.29 is 14.0 Å². The fourth-order valence-electron chi connectivity index (χ4n) is 4.10. The number of carbonyl (C=O) groups excluding carboxylic acids is 2. The van der Waals surface area contributed by atoms with Gasteiger partial charge in [-0.05, 0) is 55.2 Å². The monoisotopic (exact) mass is 395 g/mol. The molecule has 0 aromatic heterocycles. The molecule has 2 heterocycles. The second kappa shape index (κ2) is 8.64. The molecule has 0 spiro atoms. The topological polar surface area (TPSA) is 52.7 Å². The van der Waals surface area contributed by atoms with E-state index in [-0.39, 0.29) is 30.0 Å². The summed E-state index contributed by atoms with van der Waals surface area (Å²) in [4.78, 5) is 28.9. The number of hydrogen-bond donors (Lipinski definition) is 1. The molecule has 2 aromatic rings. The fourth-order valence-corrected chi connectivity index (χ4v) is 4.10. The van der Waals surface area contributed by atoms with Crippen LogP contribution in [0.5, 0.6) is 0 Å². The number of nitrogens with zero attached hydrogens (tertiary/aromatic N) is 2. The van der Waals surface area contributed by atoms with E-state index in [0.717, 1.165) is 18.8 Å². The van der Waals surface area contributed by atoms with Gasteiger partial charge in [-0.1, -0.05) is 18.2 Å². The van der Waals surface area contributed by atoms with Crippen molar-refractivity contribution in [1.29, 1.82) is 0 Å². The van der Waals surface area contributed by atoms with Crippen molar-refractivity contribution in [3.63, 3.8) is 0 Å². The molecule has 0 aliphatic carbocycles. The smallest absolute Gasteiger partial charge is 0.229 e. The van der Waals surface area contributed by atoms with Crippen molar-refractivity contribution >= 4 is 23.2 Å². The van der Waals surface area contributed by atoms with Gasteiger partial charge in [0, 0.05) is 44.0 Å². The van der Waals surface area contributed by atoms with Crippen LogP contribution in [0, 0.1) is 11.7 Å². The zero-order chi connectivity index (χ0) is 20.2. The minimum atomic E-state index is -0.374. The van der Waals surface area contributed by atoms with Gasteiger partial charge < -0.3 is 15.1 Å². The van der Waals surface area contributed by atoms with Crippen molar-refractivity contribution in [2.75, 3.05) is 36.4 Å². The average Bonchev–Trinajstić information content (AvgIpc) is 3.38. The lowest BCUT2D eigenvalue weighted by molar-refractivity contribution is -0.128. The Morgan fingerprint density at radius 3 is 2.52 bits per heavy atom. The second-order valence-corrected chi connectivity index (χ2v) is 7.81. The summed E-state index contributed by atoms with van der Waals surface area (Å²) >= 11 is 0. The number of halogens is 1. The van der Waals surface area contributed by atoms with E-state index in [0.29, 0.717) is 25.1 Å². The van der Waals surface area contributed by atoms with Crippen LogP contribution in [-0.2, 0) is 16.0 Å². The van der Waals surface area contributed by atoms with Gasteiger partial charge in [-0.25, -0.2) is 4.39 Å². The first-order valence-corrected chi connectivity index (χ1v) is 10.3. The maximum atomic E-state index is 13.8. The first kappa shape index (κ1) is 19.4. The molecule has 2 saturated heterocycles. The number of anilines is 2. The molecule has 2 aromatic carbocycles. The molecule has 2 fully saturated rings. The molecule has 29 heavy (non-hydrogen) atoms. The summed E-state index contributed by atoms with van der Waals surface area (Å²) in [7, 11) is 0. The van der Waals surface area contributed by atoms with Crippen LogP contribution in [0.4, 0.5) is 15.8 Å². The summed E-state index contributed by atoms with van der Waals surface area (Å²) in [5.41, 5.74) is 2.51. The lowest BCUT2D eigenvalue weighted by Crippen LogP contribution is -2.30. The molecule has 0 bridgehead atoms. The highest BCUT2D eigenvalue weighted by molar-refractivity contribution is 5.97. The number of amides is 2. The zero-order valence-corrected chi connectivity index (χ0v) is 16.4. The van der Waals surface area contributed by atoms with Crippen molar-refractivity contribution in [3.8, 4) is 0 Å². The minimum absolute atomic E-state index is 0.0501. The largest absolute Gasteiger partial charge is 0.372 e. The van der Waals surface area contributed by atoms with Gasteiger partial charge in [0.1, 0.15) is 5.82 Å². The maximum absolute atomic E-state index is 13.8. The average molecular weight is 395 g/mol. The van der Waals surface area contributed by atoms with Crippen molar-refractivity contribution in [2.45, 2.75) is 25.7 Å². The van der Waals surface area contributed by atoms with E-state index in [1.807, 2.05) is 24.3 Å². The van der Waals surface area contributed by atoms with E-state index in [4.69, 9.17) is 0 Å². The Hall–Kier alpha value is -2.89. The quantitative estimate of drug-likeness (QED) is 0.815. The van der Waals surface area contributed by atoms with E-state index in [1.54, 1.807) is 23.1 Å². The van der Waals surface area contributed by atoms with Crippen LogP contribution in [0.15, 0.2) is 48.5 Å². The summed E-state index contributed by atoms with van der Waals surface area (Å²) in [6.07, 6.45) is 3.10. The van der Waals surface area contributed by atoms with Gasteiger partial charge in [-0.2, -0.15) is 0 Å².